The first-order valence-corrected chi connectivity index (χ1v) is 7.87. The smallest absolute Gasteiger partial charge is 0.0113 e. The number of nitrogens with zero attached hydrogens (tertiary/aromatic N) is 2. The topological polar surface area (TPSA) is 18.5 Å². The molecular formula is C15H33N3. The van der Waals surface area contributed by atoms with E-state index in [1.54, 1.807) is 0 Å². The van der Waals surface area contributed by atoms with Gasteiger partial charge in [0.05, 0.1) is 0 Å². The Morgan fingerprint density at radius 1 is 1.06 bits per heavy atom. The van der Waals surface area contributed by atoms with Crippen molar-refractivity contribution in [2.75, 3.05) is 39.3 Å². The first kappa shape index (κ1) is 15.9. The highest BCUT2D eigenvalue weighted by Crippen LogP contribution is 2.09. The SMILES string of the molecule is CCCNC(C)CCN1CCN(C(C)CC)CC1. The fourth-order valence-corrected chi connectivity index (χ4v) is 2.55. The van der Waals surface area contributed by atoms with Crippen LogP contribution in [0.5, 0.6) is 0 Å². The van der Waals surface area contributed by atoms with Gasteiger partial charge >= 0.3 is 0 Å². The standard InChI is InChI=1S/C15H33N3/c1-5-8-16-14(3)7-9-17-10-12-18(13-11-17)15(4)6-2/h14-16H,5-13H2,1-4H3. The van der Waals surface area contributed by atoms with Gasteiger partial charge in [-0.2, -0.15) is 0 Å². The van der Waals surface area contributed by atoms with E-state index in [1.807, 2.05) is 0 Å². The molecule has 2 atom stereocenters. The maximum Gasteiger partial charge on any atom is 0.0113 e. The molecule has 18 heavy (non-hydrogen) atoms. The second kappa shape index (κ2) is 8.89. The van der Waals surface area contributed by atoms with E-state index in [9.17, 15) is 0 Å². The van der Waals surface area contributed by atoms with Crippen LogP contribution in [0.3, 0.4) is 0 Å². The third-order valence-corrected chi connectivity index (χ3v) is 4.24. The van der Waals surface area contributed by atoms with Gasteiger partial charge in [0.2, 0.25) is 0 Å². The molecule has 1 rings (SSSR count). The predicted octanol–water partition coefficient (Wildman–Crippen LogP) is 2.18. The van der Waals surface area contributed by atoms with Crippen molar-refractivity contribution in [2.24, 2.45) is 0 Å². The molecule has 0 bridgehead atoms. The van der Waals surface area contributed by atoms with E-state index in [0.717, 1.165) is 12.6 Å². The Balaban J connectivity index is 2.12. The van der Waals surface area contributed by atoms with Gasteiger partial charge in [0.1, 0.15) is 0 Å². The zero-order valence-electron chi connectivity index (χ0n) is 12.9. The van der Waals surface area contributed by atoms with E-state index in [1.165, 1.54) is 52.0 Å². The maximum absolute atomic E-state index is 3.57. The Morgan fingerprint density at radius 3 is 2.28 bits per heavy atom. The van der Waals surface area contributed by atoms with Gasteiger partial charge in [-0.05, 0) is 46.2 Å². The van der Waals surface area contributed by atoms with Crippen molar-refractivity contribution in [3.63, 3.8) is 0 Å². The molecule has 0 aromatic carbocycles. The van der Waals surface area contributed by atoms with E-state index in [-0.39, 0.29) is 0 Å². The van der Waals surface area contributed by atoms with Crippen LogP contribution in [0.25, 0.3) is 0 Å². The summed E-state index contributed by atoms with van der Waals surface area (Å²) >= 11 is 0. The summed E-state index contributed by atoms with van der Waals surface area (Å²) in [7, 11) is 0. The largest absolute Gasteiger partial charge is 0.314 e. The molecule has 0 saturated carbocycles. The lowest BCUT2D eigenvalue weighted by molar-refractivity contribution is 0.0982. The molecule has 1 saturated heterocycles. The van der Waals surface area contributed by atoms with Gasteiger partial charge in [-0.3, -0.25) is 4.90 Å². The Morgan fingerprint density at radius 2 is 1.72 bits per heavy atom. The molecule has 1 fully saturated rings. The number of hydrogen-bond donors (Lipinski definition) is 1. The van der Waals surface area contributed by atoms with Gasteiger partial charge in [0.15, 0.2) is 0 Å². The summed E-state index contributed by atoms with van der Waals surface area (Å²) in [4.78, 5) is 5.26. The van der Waals surface area contributed by atoms with Crippen LogP contribution < -0.4 is 5.32 Å². The van der Waals surface area contributed by atoms with Crippen molar-refractivity contribution >= 4 is 0 Å². The van der Waals surface area contributed by atoms with Gasteiger partial charge in [0, 0.05) is 38.3 Å². The zero-order chi connectivity index (χ0) is 13.4. The molecule has 1 aliphatic heterocycles. The summed E-state index contributed by atoms with van der Waals surface area (Å²) in [5, 5.41) is 3.57. The van der Waals surface area contributed by atoms with Gasteiger partial charge < -0.3 is 10.2 Å². The average molecular weight is 255 g/mol. The minimum atomic E-state index is 0.664. The fourth-order valence-electron chi connectivity index (χ4n) is 2.55. The lowest BCUT2D eigenvalue weighted by atomic mass is 10.1. The van der Waals surface area contributed by atoms with E-state index >= 15 is 0 Å². The minimum Gasteiger partial charge on any atom is -0.314 e. The van der Waals surface area contributed by atoms with Crippen LogP contribution in [0.4, 0.5) is 0 Å². The molecule has 0 aromatic heterocycles. The molecule has 0 aromatic rings. The van der Waals surface area contributed by atoms with Crippen LogP contribution in [0.15, 0.2) is 0 Å². The Hall–Kier alpha value is -0.120. The summed E-state index contributed by atoms with van der Waals surface area (Å²) in [5.74, 6) is 0. The van der Waals surface area contributed by atoms with E-state index < -0.39 is 0 Å². The number of nitrogens with one attached hydrogen (secondary N) is 1. The number of rotatable bonds is 8. The summed E-state index contributed by atoms with van der Waals surface area (Å²) in [6.07, 6.45) is 3.79. The van der Waals surface area contributed by atoms with Crippen molar-refractivity contribution in [1.82, 2.24) is 15.1 Å². The molecule has 3 nitrogen and oxygen atoms in total. The van der Waals surface area contributed by atoms with Crippen LogP contribution in [-0.2, 0) is 0 Å². The van der Waals surface area contributed by atoms with E-state index in [4.69, 9.17) is 0 Å². The first-order chi connectivity index (χ1) is 8.67. The van der Waals surface area contributed by atoms with Gasteiger partial charge in [-0.15, -0.1) is 0 Å². The quantitative estimate of drug-likeness (QED) is 0.717. The van der Waals surface area contributed by atoms with Crippen LogP contribution in [0.2, 0.25) is 0 Å². The second-order valence-corrected chi connectivity index (χ2v) is 5.78. The summed E-state index contributed by atoms with van der Waals surface area (Å²) < 4.78 is 0. The fraction of sp³-hybridized carbons (Fsp3) is 1.00. The van der Waals surface area contributed by atoms with Gasteiger partial charge in [-0.1, -0.05) is 13.8 Å². The number of hydrogen-bond acceptors (Lipinski definition) is 3. The maximum atomic E-state index is 3.57. The van der Waals surface area contributed by atoms with E-state index in [0.29, 0.717) is 6.04 Å². The van der Waals surface area contributed by atoms with Crippen molar-refractivity contribution < 1.29 is 0 Å². The molecule has 1 aliphatic rings. The van der Waals surface area contributed by atoms with Gasteiger partial charge in [-0.25, -0.2) is 0 Å². The summed E-state index contributed by atoms with van der Waals surface area (Å²) in [6, 6.07) is 1.43. The lowest BCUT2D eigenvalue weighted by Crippen LogP contribution is -2.50. The Labute approximate surface area is 114 Å². The average Bonchev–Trinajstić information content (AvgIpc) is 2.42. The third-order valence-electron chi connectivity index (χ3n) is 4.24. The van der Waals surface area contributed by atoms with Crippen LogP contribution in [-0.4, -0.2) is 61.2 Å². The zero-order valence-corrected chi connectivity index (χ0v) is 12.9. The molecule has 108 valence electrons. The van der Waals surface area contributed by atoms with Crippen molar-refractivity contribution in [1.29, 1.82) is 0 Å². The predicted molar refractivity (Wildman–Crippen MR) is 80.1 cm³/mol. The highest BCUT2D eigenvalue weighted by Gasteiger charge is 2.19. The molecule has 1 heterocycles. The van der Waals surface area contributed by atoms with Crippen molar-refractivity contribution in [3.8, 4) is 0 Å². The Bertz CT molecular complexity index is 200. The highest BCUT2D eigenvalue weighted by atomic mass is 15.3. The molecule has 0 spiro atoms. The molecule has 0 aliphatic carbocycles. The van der Waals surface area contributed by atoms with Crippen LogP contribution in [0.1, 0.15) is 47.0 Å². The molecular weight excluding hydrogens is 222 g/mol. The summed E-state index contributed by atoms with van der Waals surface area (Å²) in [6.45, 7) is 16.6. The van der Waals surface area contributed by atoms with Crippen molar-refractivity contribution in [3.05, 3.63) is 0 Å². The highest BCUT2D eigenvalue weighted by molar-refractivity contribution is 4.76. The third kappa shape index (κ3) is 5.68. The molecule has 0 radical (unpaired) electrons. The Kier molecular flexibility index (Phi) is 7.87. The monoisotopic (exact) mass is 255 g/mol. The second-order valence-electron chi connectivity index (χ2n) is 5.78. The molecule has 0 amide bonds. The molecule has 1 N–H and O–H groups in total. The molecule has 2 unspecified atom stereocenters. The molecule has 3 heteroatoms. The lowest BCUT2D eigenvalue weighted by Gasteiger charge is -2.38. The summed E-state index contributed by atoms with van der Waals surface area (Å²) in [5.41, 5.74) is 0. The van der Waals surface area contributed by atoms with Gasteiger partial charge in [0.25, 0.3) is 0 Å². The minimum absolute atomic E-state index is 0.664. The van der Waals surface area contributed by atoms with Crippen molar-refractivity contribution in [2.45, 2.75) is 59.0 Å². The normalized spacial score (nSPS) is 22.0. The van der Waals surface area contributed by atoms with E-state index in [2.05, 4.69) is 42.8 Å². The number of piperazine rings is 1. The van der Waals surface area contributed by atoms with Crippen LogP contribution >= 0.6 is 0 Å². The van der Waals surface area contributed by atoms with Crippen LogP contribution in [0, 0.1) is 0 Å². The first-order valence-electron chi connectivity index (χ1n) is 7.87.